The molecule has 2 bridgehead atoms. The molecule has 0 spiro atoms. The summed E-state index contributed by atoms with van der Waals surface area (Å²) >= 11 is 0. The molecule has 1 saturated heterocycles. The number of nitrogens with zero attached hydrogens (tertiary/aromatic N) is 2. The average Bonchev–Trinajstić information content (AvgIpc) is 3.10. The summed E-state index contributed by atoms with van der Waals surface area (Å²) in [6.45, 7) is 23.1. The van der Waals surface area contributed by atoms with Crippen LogP contribution in [0.25, 0.3) is 11.1 Å². The second-order valence-corrected chi connectivity index (χ2v) is 15.7. The van der Waals surface area contributed by atoms with Crippen molar-refractivity contribution in [1.82, 2.24) is 10.3 Å². The first-order valence-corrected chi connectivity index (χ1v) is 17.1. The van der Waals surface area contributed by atoms with Gasteiger partial charge in [-0.2, -0.15) is 0 Å². The molecule has 252 valence electrons. The van der Waals surface area contributed by atoms with Crippen LogP contribution >= 0.6 is 0 Å². The highest BCUT2D eigenvalue weighted by atomic mass is 16.6. The van der Waals surface area contributed by atoms with Crippen LogP contribution in [0.5, 0.6) is 0 Å². The fourth-order valence-electron chi connectivity index (χ4n) is 7.57. The summed E-state index contributed by atoms with van der Waals surface area (Å²) in [5.41, 5.74) is 6.62. The number of hydrogen-bond donors (Lipinski definition) is 1. The number of ether oxygens (including phenoxy) is 2. The van der Waals surface area contributed by atoms with Gasteiger partial charge in [-0.3, -0.25) is 9.78 Å². The van der Waals surface area contributed by atoms with Crippen molar-refractivity contribution < 1.29 is 19.1 Å². The van der Waals surface area contributed by atoms with Crippen LogP contribution in [0, 0.1) is 30.6 Å². The lowest BCUT2D eigenvalue weighted by Gasteiger charge is -2.52. The average molecular weight is 640 g/mol. The number of anilines is 1. The molecular formula is C40H53N3O4. The number of aryl methyl sites for hydroxylation is 2. The summed E-state index contributed by atoms with van der Waals surface area (Å²) < 4.78 is 12.4. The third kappa shape index (κ3) is 7.11. The van der Waals surface area contributed by atoms with E-state index >= 15 is 0 Å². The summed E-state index contributed by atoms with van der Waals surface area (Å²) in [6.07, 6.45) is 1.10. The Bertz CT molecular complexity index is 1610. The highest BCUT2D eigenvalue weighted by Gasteiger charge is 2.56. The number of pyridine rings is 1. The number of fused-ring (bicyclic) bond motifs is 2. The van der Waals surface area contributed by atoms with E-state index in [1.807, 2.05) is 103 Å². The van der Waals surface area contributed by atoms with Gasteiger partial charge in [-0.05, 0) is 101 Å². The van der Waals surface area contributed by atoms with Crippen molar-refractivity contribution in [2.24, 2.45) is 16.7 Å². The largest absolute Gasteiger partial charge is 0.461 e. The second-order valence-electron chi connectivity index (χ2n) is 15.7. The van der Waals surface area contributed by atoms with Gasteiger partial charge in [-0.25, -0.2) is 4.79 Å². The van der Waals surface area contributed by atoms with Crippen LogP contribution < -0.4 is 10.2 Å². The molecule has 5 rings (SSSR count). The Labute approximate surface area is 281 Å². The van der Waals surface area contributed by atoms with Gasteiger partial charge in [0.1, 0.15) is 0 Å². The summed E-state index contributed by atoms with van der Waals surface area (Å²) in [5.74, 6) is -0.0262. The van der Waals surface area contributed by atoms with Crippen molar-refractivity contribution in [3.05, 3.63) is 82.7 Å². The predicted molar refractivity (Wildman–Crippen MR) is 188 cm³/mol. The minimum atomic E-state index is -0.956. The number of hydrogen-bond acceptors (Lipinski definition) is 6. The maximum Gasteiger partial charge on any atom is 0.340 e. The highest BCUT2D eigenvalue weighted by molar-refractivity contribution is 5.95. The molecule has 2 fully saturated rings. The molecule has 0 radical (unpaired) electrons. The van der Waals surface area contributed by atoms with Gasteiger partial charge in [0.15, 0.2) is 6.10 Å². The second kappa shape index (κ2) is 13.1. The SMILES string of the molecule is Cc1nc(C)c(C(OC(C)(C)C)C(=O)OC(C)C)c(N2CC3CCC(C)(C2)C3(C)C)c1-c1ccc(C(=O)NCc2ccccc2)cc1. The maximum absolute atomic E-state index is 13.9. The van der Waals surface area contributed by atoms with Crippen LogP contribution in [0.1, 0.15) is 107 Å². The first-order valence-electron chi connectivity index (χ1n) is 17.1. The van der Waals surface area contributed by atoms with Crippen LogP contribution in [0.15, 0.2) is 54.6 Å². The molecule has 3 atom stereocenters. The standard InChI is InChI=1S/C40H53N3O4/c1-25(2)46-37(45)35(47-38(5,6)7)33-27(4)42-26(3)32(34(33)43-23-31-20-21-40(10,24-43)39(31,8)9)29-16-18-30(19-17-29)36(44)41-22-28-14-12-11-13-15-28/h11-19,25,31,35H,20-24H2,1-10H3,(H,41,44). The first kappa shape index (κ1) is 34.6. The molecule has 1 aliphatic heterocycles. The van der Waals surface area contributed by atoms with E-state index in [-0.39, 0.29) is 22.8 Å². The third-order valence-corrected chi connectivity index (χ3v) is 10.5. The molecule has 1 N–H and O–H groups in total. The fourth-order valence-corrected chi connectivity index (χ4v) is 7.57. The summed E-state index contributed by atoms with van der Waals surface area (Å²) in [7, 11) is 0. The molecule has 2 aliphatic rings. The minimum Gasteiger partial charge on any atom is -0.461 e. The number of esters is 1. The molecule has 2 aromatic carbocycles. The van der Waals surface area contributed by atoms with Gasteiger partial charge in [-0.1, -0.05) is 63.2 Å². The molecule has 3 aromatic rings. The zero-order valence-corrected chi connectivity index (χ0v) is 30.0. The Hall–Kier alpha value is -3.71. The first-order chi connectivity index (χ1) is 22.0. The van der Waals surface area contributed by atoms with E-state index in [0.29, 0.717) is 18.0 Å². The summed E-state index contributed by atoms with van der Waals surface area (Å²) in [5, 5.41) is 3.03. The molecule has 3 unspecified atom stereocenters. The molecule has 2 heterocycles. The molecule has 7 nitrogen and oxygen atoms in total. The molecule has 1 aliphatic carbocycles. The van der Waals surface area contributed by atoms with Gasteiger partial charge in [-0.15, -0.1) is 0 Å². The number of nitrogens with one attached hydrogen (secondary N) is 1. The Balaban J connectivity index is 1.63. The number of benzene rings is 2. The van der Waals surface area contributed by atoms with Crippen molar-refractivity contribution in [2.45, 2.75) is 106 Å². The molecule has 7 heteroatoms. The minimum absolute atomic E-state index is 0.106. The topological polar surface area (TPSA) is 80.8 Å². The Morgan fingerprint density at radius 3 is 2.26 bits per heavy atom. The van der Waals surface area contributed by atoms with E-state index < -0.39 is 17.7 Å². The van der Waals surface area contributed by atoms with Crippen LogP contribution in [0.2, 0.25) is 0 Å². The molecular weight excluding hydrogens is 586 g/mol. The molecule has 1 saturated carbocycles. The number of aromatic nitrogens is 1. The van der Waals surface area contributed by atoms with Gasteiger partial charge >= 0.3 is 5.97 Å². The Morgan fingerprint density at radius 2 is 1.66 bits per heavy atom. The van der Waals surface area contributed by atoms with Crippen LogP contribution in [0.3, 0.4) is 0 Å². The van der Waals surface area contributed by atoms with Crippen molar-refractivity contribution >= 4 is 17.6 Å². The van der Waals surface area contributed by atoms with Crippen molar-refractivity contribution in [3.63, 3.8) is 0 Å². The van der Waals surface area contributed by atoms with Gasteiger partial charge in [0.2, 0.25) is 0 Å². The van der Waals surface area contributed by atoms with E-state index in [2.05, 4.69) is 31.0 Å². The predicted octanol–water partition coefficient (Wildman–Crippen LogP) is 8.37. The normalized spacial score (nSPS) is 21.1. The van der Waals surface area contributed by atoms with Gasteiger partial charge in [0.25, 0.3) is 5.91 Å². The van der Waals surface area contributed by atoms with Gasteiger partial charge in [0.05, 0.1) is 17.4 Å². The monoisotopic (exact) mass is 639 g/mol. The van der Waals surface area contributed by atoms with Crippen molar-refractivity contribution in [1.29, 1.82) is 0 Å². The van der Waals surface area contributed by atoms with Crippen molar-refractivity contribution in [2.75, 3.05) is 18.0 Å². The lowest BCUT2D eigenvalue weighted by Crippen LogP contribution is -2.52. The van der Waals surface area contributed by atoms with E-state index in [4.69, 9.17) is 14.5 Å². The summed E-state index contributed by atoms with van der Waals surface area (Å²) in [4.78, 5) is 34.6. The fraction of sp³-hybridized carbons (Fsp3) is 0.525. The quantitative estimate of drug-likeness (QED) is 0.237. The lowest BCUT2D eigenvalue weighted by molar-refractivity contribution is -0.171. The van der Waals surface area contributed by atoms with E-state index in [0.717, 1.165) is 52.4 Å². The number of carbonyl (C=O) groups is 2. The van der Waals surface area contributed by atoms with Crippen LogP contribution in [-0.4, -0.2) is 41.7 Å². The maximum atomic E-state index is 13.9. The number of carbonyl (C=O) groups excluding carboxylic acids is 2. The highest BCUT2D eigenvalue weighted by Crippen LogP contribution is 2.60. The summed E-state index contributed by atoms with van der Waals surface area (Å²) in [6, 6.07) is 17.6. The number of piperidine rings is 1. The van der Waals surface area contributed by atoms with Gasteiger partial charge in [0, 0.05) is 47.7 Å². The van der Waals surface area contributed by atoms with E-state index in [9.17, 15) is 9.59 Å². The van der Waals surface area contributed by atoms with E-state index in [1.165, 1.54) is 12.8 Å². The lowest BCUT2D eigenvalue weighted by atomic mass is 9.63. The third-order valence-electron chi connectivity index (χ3n) is 10.5. The number of amides is 1. The zero-order chi connectivity index (χ0) is 34.3. The zero-order valence-electron chi connectivity index (χ0n) is 30.0. The van der Waals surface area contributed by atoms with Crippen molar-refractivity contribution in [3.8, 4) is 11.1 Å². The van der Waals surface area contributed by atoms with Gasteiger partial charge < -0.3 is 19.7 Å². The molecule has 1 aromatic heterocycles. The molecule has 47 heavy (non-hydrogen) atoms. The Kier molecular flexibility index (Phi) is 9.62. The van der Waals surface area contributed by atoms with Crippen LogP contribution in [-0.2, 0) is 20.8 Å². The Morgan fingerprint density at radius 1 is 1.00 bits per heavy atom. The smallest absolute Gasteiger partial charge is 0.340 e. The number of rotatable bonds is 9. The molecule has 1 amide bonds. The van der Waals surface area contributed by atoms with E-state index in [1.54, 1.807) is 0 Å². The van der Waals surface area contributed by atoms with Crippen LogP contribution in [0.4, 0.5) is 5.69 Å².